The van der Waals surface area contributed by atoms with Crippen LogP contribution in [0.1, 0.15) is 72.6 Å². The van der Waals surface area contributed by atoms with Crippen LogP contribution in [-0.2, 0) is 11.2 Å². The van der Waals surface area contributed by atoms with Crippen molar-refractivity contribution < 1.29 is 66.1 Å². The van der Waals surface area contributed by atoms with Gasteiger partial charge in [-0.25, -0.2) is 0 Å². The van der Waals surface area contributed by atoms with Crippen molar-refractivity contribution in [3.63, 3.8) is 0 Å². The molecule has 0 saturated heterocycles. The molecule has 6 heteroatoms. The Morgan fingerprint density at radius 2 is 2.04 bits per heavy atom. The number of aliphatic carboxylic acids is 1. The van der Waals surface area contributed by atoms with Gasteiger partial charge in [-0.05, 0) is 55.9 Å². The first-order valence-corrected chi connectivity index (χ1v) is 9.60. The molecule has 0 N–H and O–H groups in total. The van der Waals surface area contributed by atoms with Crippen LogP contribution >= 0.6 is 11.6 Å². The van der Waals surface area contributed by atoms with E-state index < -0.39 is 17.9 Å². The molecule has 3 rings (SSSR count). The molecule has 1 aliphatic rings. The predicted molar refractivity (Wildman–Crippen MR) is 99.5 cm³/mol. The van der Waals surface area contributed by atoms with E-state index in [-0.39, 0.29) is 57.2 Å². The first-order chi connectivity index (χ1) is 12.5. The van der Waals surface area contributed by atoms with E-state index in [4.69, 9.17) is 11.6 Å². The predicted octanol–water partition coefficient (Wildman–Crippen LogP) is 0.929. The maximum atomic E-state index is 13.1. The van der Waals surface area contributed by atoms with Crippen molar-refractivity contribution in [2.45, 2.75) is 57.4 Å². The summed E-state index contributed by atoms with van der Waals surface area (Å²) >= 11 is 6.04. The van der Waals surface area contributed by atoms with Gasteiger partial charge in [-0.2, -0.15) is 0 Å². The molecule has 2 heterocycles. The van der Waals surface area contributed by atoms with Gasteiger partial charge in [-0.3, -0.25) is 4.79 Å². The summed E-state index contributed by atoms with van der Waals surface area (Å²) in [6.07, 6.45) is 6.72. The number of aromatic nitrogens is 1. The molecule has 0 bridgehead atoms. The number of Topliss-reactive ketones (excluding diaryl/α,β-unsaturated/α-hetero) is 1. The Kier molecular flexibility index (Phi) is 8.78. The van der Waals surface area contributed by atoms with Gasteiger partial charge in [0.15, 0.2) is 5.78 Å². The van der Waals surface area contributed by atoms with Crippen LogP contribution in [0.15, 0.2) is 36.5 Å². The number of carboxylic acid groups (broad SMARTS) is 1. The number of halogens is 1. The summed E-state index contributed by atoms with van der Waals surface area (Å²) < 4.78 is 1.88. The molecule has 0 saturated carbocycles. The van der Waals surface area contributed by atoms with Gasteiger partial charge >= 0.3 is 51.4 Å². The van der Waals surface area contributed by atoms with Crippen molar-refractivity contribution in [2.75, 3.05) is 0 Å². The third-order valence-electron chi connectivity index (χ3n) is 5.11. The smallest absolute Gasteiger partial charge is 0.549 e. The number of benzene rings is 1. The van der Waals surface area contributed by atoms with Crippen LogP contribution in [0.5, 0.6) is 0 Å². The number of unbranched alkanes of at least 4 members (excludes halogenated alkanes) is 1. The summed E-state index contributed by atoms with van der Waals surface area (Å²) in [5, 5.41) is 12.2. The summed E-state index contributed by atoms with van der Waals surface area (Å²) in [6.45, 7) is 2.12. The zero-order chi connectivity index (χ0) is 18.7. The van der Waals surface area contributed by atoms with Gasteiger partial charge in [0.25, 0.3) is 0 Å². The Bertz CT molecular complexity index is 818. The van der Waals surface area contributed by atoms with E-state index in [1.165, 1.54) is 0 Å². The molecule has 2 unspecified atom stereocenters. The number of nitrogens with zero attached hydrogens (tertiary/aromatic N) is 1. The van der Waals surface area contributed by atoms with Gasteiger partial charge in [-0.15, -0.1) is 0 Å². The third-order valence-corrected chi connectivity index (χ3v) is 5.35. The molecule has 27 heavy (non-hydrogen) atoms. The SMILES string of the molecule is CCCCc1cc2n(c1)C(C(=O)c1cccc(Cl)c1)CCCC2C(=O)[O-].[K+]. The van der Waals surface area contributed by atoms with Crippen LogP contribution in [0.2, 0.25) is 5.02 Å². The van der Waals surface area contributed by atoms with E-state index >= 15 is 0 Å². The van der Waals surface area contributed by atoms with Crippen molar-refractivity contribution >= 4 is 23.4 Å². The minimum Gasteiger partial charge on any atom is -0.549 e. The van der Waals surface area contributed by atoms with Gasteiger partial charge in [0, 0.05) is 28.4 Å². The second-order valence-corrected chi connectivity index (χ2v) is 7.41. The van der Waals surface area contributed by atoms with E-state index in [9.17, 15) is 14.7 Å². The molecule has 138 valence electrons. The quantitative estimate of drug-likeness (QED) is 0.524. The first kappa shape index (κ1) is 22.9. The molecule has 1 aliphatic heterocycles. The average molecular weight is 412 g/mol. The first-order valence-electron chi connectivity index (χ1n) is 9.22. The molecule has 0 radical (unpaired) electrons. The molecular weight excluding hydrogens is 389 g/mol. The van der Waals surface area contributed by atoms with Crippen molar-refractivity contribution in [1.29, 1.82) is 0 Å². The molecule has 4 nitrogen and oxygen atoms in total. The topological polar surface area (TPSA) is 62.1 Å². The van der Waals surface area contributed by atoms with Crippen LogP contribution in [0.4, 0.5) is 0 Å². The Morgan fingerprint density at radius 1 is 1.26 bits per heavy atom. The molecule has 0 spiro atoms. The molecule has 1 aromatic carbocycles. The van der Waals surface area contributed by atoms with Crippen molar-refractivity contribution in [2.24, 2.45) is 0 Å². The molecule has 0 amide bonds. The summed E-state index contributed by atoms with van der Waals surface area (Å²) in [4.78, 5) is 24.8. The van der Waals surface area contributed by atoms with Gasteiger partial charge < -0.3 is 14.5 Å². The zero-order valence-corrected chi connectivity index (χ0v) is 19.8. The number of carbonyl (C=O) groups excluding carboxylic acids is 2. The van der Waals surface area contributed by atoms with Gasteiger partial charge in [0.1, 0.15) is 0 Å². The second kappa shape index (κ2) is 10.4. The van der Waals surface area contributed by atoms with Crippen molar-refractivity contribution in [1.82, 2.24) is 4.57 Å². The minimum absolute atomic E-state index is 0. The fraction of sp³-hybridized carbons (Fsp3) is 0.429. The Hall–Kier alpha value is -0.434. The normalized spacial score (nSPS) is 18.9. The molecular formula is C21H23ClKNO3. The number of rotatable bonds is 6. The summed E-state index contributed by atoms with van der Waals surface area (Å²) in [5.74, 6) is -1.75. The molecule has 0 fully saturated rings. The Morgan fingerprint density at radius 3 is 2.70 bits per heavy atom. The molecule has 0 aliphatic carbocycles. The number of carboxylic acids is 1. The molecule has 2 atom stereocenters. The third kappa shape index (κ3) is 5.34. The number of hydrogen-bond acceptors (Lipinski definition) is 3. The average Bonchev–Trinajstić information content (AvgIpc) is 2.94. The van der Waals surface area contributed by atoms with E-state index in [0.29, 0.717) is 35.5 Å². The second-order valence-electron chi connectivity index (χ2n) is 6.98. The maximum absolute atomic E-state index is 13.1. The standard InChI is InChI=1S/C21H24ClNO3.K/c1-2-3-6-14-11-19-17(21(25)26)9-5-10-18(23(19)13-14)20(24)15-7-4-8-16(22)12-15;/h4,7-8,11-13,17-18H,2-3,5-6,9-10H2,1H3,(H,25,26);/q;+1/p-1. The largest absolute Gasteiger partial charge is 1.00 e. The Balaban J connectivity index is 0.00000261. The minimum atomic E-state index is -1.07. The van der Waals surface area contributed by atoms with Crippen LogP contribution in [0, 0.1) is 0 Å². The van der Waals surface area contributed by atoms with E-state index in [2.05, 4.69) is 6.92 Å². The summed E-state index contributed by atoms with van der Waals surface area (Å²) in [6, 6.07) is 8.48. The number of fused-ring (bicyclic) bond motifs is 1. The molecule has 1 aromatic heterocycles. The van der Waals surface area contributed by atoms with Crippen LogP contribution < -0.4 is 56.5 Å². The Labute approximate surface area is 207 Å². The fourth-order valence-electron chi connectivity index (χ4n) is 3.76. The summed E-state index contributed by atoms with van der Waals surface area (Å²) in [7, 11) is 0. The maximum Gasteiger partial charge on any atom is 1.00 e. The number of aryl methyl sites for hydroxylation is 1. The monoisotopic (exact) mass is 411 g/mol. The number of hydrogen-bond donors (Lipinski definition) is 0. The number of ketones is 1. The van der Waals surface area contributed by atoms with Gasteiger partial charge in [-0.1, -0.05) is 37.1 Å². The zero-order valence-electron chi connectivity index (χ0n) is 15.9. The van der Waals surface area contributed by atoms with E-state index in [0.717, 1.165) is 24.8 Å². The van der Waals surface area contributed by atoms with Crippen LogP contribution in [-0.4, -0.2) is 16.3 Å². The van der Waals surface area contributed by atoms with Gasteiger partial charge in [0.05, 0.1) is 12.0 Å². The molecule has 2 aromatic rings. The fourth-order valence-corrected chi connectivity index (χ4v) is 3.95. The van der Waals surface area contributed by atoms with Crippen LogP contribution in [0.25, 0.3) is 0 Å². The van der Waals surface area contributed by atoms with E-state index in [1.54, 1.807) is 24.3 Å². The van der Waals surface area contributed by atoms with Crippen LogP contribution in [0.3, 0.4) is 0 Å². The van der Waals surface area contributed by atoms with Crippen molar-refractivity contribution in [3.8, 4) is 0 Å². The van der Waals surface area contributed by atoms with E-state index in [1.807, 2.05) is 16.8 Å². The number of carbonyl (C=O) groups is 2. The van der Waals surface area contributed by atoms with Gasteiger partial charge in [0.2, 0.25) is 0 Å². The van der Waals surface area contributed by atoms with Crippen molar-refractivity contribution in [3.05, 3.63) is 58.4 Å². The summed E-state index contributed by atoms with van der Waals surface area (Å²) in [5.41, 5.74) is 2.33.